The minimum absolute atomic E-state index is 0. The summed E-state index contributed by atoms with van der Waals surface area (Å²) in [6.45, 7) is 0. The van der Waals surface area contributed by atoms with Gasteiger partial charge in [0, 0.05) is 0 Å². The Labute approximate surface area is 55.3 Å². The van der Waals surface area contributed by atoms with Crippen LogP contribution in [0.1, 0.15) is 0 Å². The molecule has 0 aromatic heterocycles. The summed E-state index contributed by atoms with van der Waals surface area (Å²) in [5, 5.41) is 0. The Hall–Kier alpha value is 0.705. The zero-order chi connectivity index (χ0) is 4.50. The first-order valence-corrected chi connectivity index (χ1v) is 2.45. The molecule has 0 saturated carbocycles. The van der Waals surface area contributed by atoms with Crippen molar-refractivity contribution >= 4 is 9.05 Å². The Bertz CT molecular complexity index is 23.6. The second-order valence-electron chi connectivity index (χ2n) is 0.500. The molecule has 0 aliphatic heterocycles. The molecule has 0 aromatic rings. The standard InChI is InChI=1S/O4Si.H2O.W/c1-5(2,3)4;;/h;1H2;/q-4;;+4. The molecule has 0 aliphatic rings. The molecule has 0 aliphatic carbocycles. The first-order chi connectivity index (χ1) is 2.00. The minimum Gasteiger partial charge on any atom is -0.894 e. The molecule has 0 spiro atoms. The van der Waals surface area contributed by atoms with Crippen LogP contribution in [0.3, 0.4) is 0 Å². The van der Waals surface area contributed by atoms with E-state index in [9.17, 15) is 0 Å². The van der Waals surface area contributed by atoms with Gasteiger partial charge in [-0.3, -0.25) is 0 Å². The molecule has 0 heterocycles. The van der Waals surface area contributed by atoms with Crippen molar-refractivity contribution in [2.45, 2.75) is 0 Å². The van der Waals surface area contributed by atoms with Gasteiger partial charge in [0.2, 0.25) is 0 Å². The summed E-state index contributed by atoms with van der Waals surface area (Å²) >= 11 is 0. The molecule has 0 aromatic carbocycles. The molecule has 0 unspecified atom stereocenters. The monoisotopic (exact) mass is 294 g/mol. The molecule has 2 N–H and O–H groups in total. The van der Waals surface area contributed by atoms with Gasteiger partial charge < -0.3 is 33.7 Å². The third-order valence-corrected chi connectivity index (χ3v) is 0. The average Bonchev–Trinajstić information content (AvgIpc) is 0.722. The first-order valence-electron chi connectivity index (χ1n) is 0.816. The van der Waals surface area contributed by atoms with E-state index in [4.69, 9.17) is 19.2 Å². The summed E-state index contributed by atoms with van der Waals surface area (Å²) in [7, 11) is -5.61. The number of rotatable bonds is 0. The Morgan fingerprint density at radius 1 is 0.857 bits per heavy atom. The molecule has 42 valence electrons. The average molecular weight is 294 g/mol. The van der Waals surface area contributed by atoms with Crippen molar-refractivity contribution in [3.63, 3.8) is 0 Å². The minimum atomic E-state index is -5.61. The van der Waals surface area contributed by atoms with Gasteiger partial charge >= 0.3 is 21.1 Å². The fraction of sp³-hybridized carbons (Fsp3) is 0. The van der Waals surface area contributed by atoms with Gasteiger partial charge in [0.1, 0.15) is 0 Å². The van der Waals surface area contributed by atoms with Crippen molar-refractivity contribution in [1.29, 1.82) is 0 Å². The zero-order valence-corrected chi connectivity index (χ0v) is 6.97. The predicted molar refractivity (Wildman–Crippen MR) is 9.37 cm³/mol. The Kier molecular flexibility index (Phi) is 10.9. The Morgan fingerprint density at radius 3 is 0.857 bits per heavy atom. The van der Waals surface area contributed by atoms with E-state index in [1.54, 1.807) is 0 Å². The van der Waals surface area contributed by atoms with Crippen LogP contribution in [0.25, 0.3) is 0 Å². The van der Waals surface area contributed by atoms with E-state index < -0.39 is 9.05 Å². The van der Waals surface area contributed by atoms with E-state index in [1.165, 1.54) is 0 Å². The number of hydrogen-bond donors (Lipinski definition) is 0. The summed E-state index contributed by atoms with van der Waals surface area (Å²) in [4.78, 5) is 34.3. The van der Waals surface area contributed by atoms with Gasteiger partial charge in [0.15, 0.2) is 0 Å². The van der Waals surface area contributed by atoms with Crippen LogP contribution in [-0.2, 0) is 21.1 Å². The van der Waals surface area contributed by atoms with Crippen molar-refractivity contribution in [3.8, 4) is 0 Å². The summed E-state index contributed by atoms with van der Waals surface area (Å²) < 4.78 is 0. The van der Waals surface area contributed by atoms with Crippen molar-refractivity contribution in [2.24, 2.45) is 0 Å². The van der Waals surface area contributed by atoms with E-state index in [-0.39, 0.29) is 26.5 Å². The molecule has 0 amide bonds. The van der Waals surface area contributed by atoms with E-state index in [0.717, 1.165) is 0 Å². The normalized spacial score (nSPS) is 8.57. The molecule has 7 heavy (non-hydrogen) atoms. The molecule has 0 rings (SSSR count). The Balaban J connectivity index is -0.0000000800. The van der Waals surface area contributed by atoms with Gasteiger partial charge in [0.05, 0.1) is 0 Å². The molecule has 0 fully saturated rings. The summed E-state index contributed by atoms with van der Waals surface area (Å²) in [5.74, 6) is 0. The second kappa shape index (κ2) is 4.85. The van der Waals surface area contributed by atoms with Crippen molar-refractivity contribution in [3.05, 3.63) is 0 Å². The molecule has 5 nitrogen and oxygen atoms in total. The maximum Gasteiger partial charge on any atom is 4.00 e. The maximum atomic E-state index is 8.58. The van der Waals surface area contributed by atoms with Crippen molar-refractivity contribution < 1.29 is 45.7 Å². The quantitative estimate of drug-likeness (QED) is 0.412. The van der Waals surface area contributed by atoms with Crippen LogP contribution >= 0.6 is 0 Å². The molecule has 7 heteroatoms. The molecule has 0 atom stereocenters. The van der Waals surface area contributed by atoms with E-state index >= 15 is 0 Å². The van der Waals surface area contributed by atoms with Crippen molar-refractivity contribution in [2.75, 3.05) is 0 Å². The van der Waals surface area contributed by atoms with Crippen LogP contribution in [0.5, 0.6) is 0 Å². The fourth-order valence-electron chi connectivity index (χ4n) is 0. The SMILES string of the molecule is O.[O-][Si]([O-])([O-])[O-].[W+4]. The van der Waals surface area contributed by atoms with Gasteiger partial charge in [-0.2, -0.15) is 0 Å². The van der Waals surface area contributed by atoms with Crippen molar-refractivity contribution in [1.82, 2.24) is 0 Å². The van der Waals surface area contributed by atoms with Gasteiger partial charge in [-0.25, -0.2) is 0 Å². The van der Waals surface area contributed by atoms with E-state index in [1.807, 2.05) is 0 Å². The van der Waals surface area contributed by atoms with Gasteiger partial charge in [-0.1, -0.05) is 0 Å². The van der Waals surface area contributed by atoms with Crippen LogP contribution < -0.4 is 19.2 Å². The maximum absolute atomic E-state index is 8.58. The predicted octanol–water partition coefficient (Wildman–Crippen LogP) is -5.96. The third-order valence-electron chi connectivity index (χ3n) is 0. The largest absolute Gasteiger partial charge is 4.00 e. The third kappa shape index (κ3) is 299. The van der Waals surface area contributed by atoms with Gasteiger partial charge in [-0.05, 0) is 0 Å². The fourth-order valence-corrected chi connectivity index (χ4v) is 0. The molecule has 0 radical (unpaired) electrons. The van der Waals surface area contributed by atoms with E-state index in [2.05, 4.69) is 0 Å². The van der Waals surface area contributed by atoms with Gasteiger partial charge in [0.25, 0.3) is 0 Å². The van der Waals surface area contributed by atoms with Crippen LogP contribution in [0.4, 0.5) is 0 Å². The first kappa shape index (κ1) is 15.6. The van der Waals surface area contributed by atoms with Crippen LogP contribution in [0, 0.1) is 0 Å². The molecular formula is H2O5SiW. The summed E-state index contributed by atoms with van der Waals surface area (Å²) in [6, 6.07) is 0. The van der Waals surface area contributed by atoms with Gasteiger partial charge in [-0.15, -0.1) is 0 Å². The van der Waals surface area contributed by atoms with E-state index in [0.29, 0.717) is 0 Å². The molecule has 0 saturated heterocycles. The number of hydrogen-bond acceptors (Lipinski definition) is 4. The van der Waals surface area contributed by atoms with Crippen LogP contribution in [0.15, 0.2) is 0 Å². The molecular weight excluding hydrogens is 292 g/mol. The summed E-state index contributed by atoms with van der Waals surface area (Å²) in [5.41, 5.74) is 0. The second-order valence-corrected chi connectivity index (χ2v) is 1.50. The zero-order valence-electron chi connectivity index (χ0n) is 3.04. The molecule has 0 bridgehead atoms. The topological polar surface area (TPSA) is 124 Å². The van der Waals surface area contributed by atoms with Crippen LogP contribution in [0.2, 0.25) is 0 Å². The summed E-state index contributed by atoms with van der Waals surface area (Å²) in [6.07, 6.45) is 0. The van der Waals surface area contributed by atoms with Crippen LogP contribution in [-0.4, -0.2) is 14.5 Å². The smallest absolute Gasteiger partial charge is 0.894 e. The Morgan fingerprint density at radius 2 is 0.857 bits per heavy atom.